The molecule has 1 amide bonds. The van der Waals surface area contributed by atoms with E-state index < -0.39 is 0 Å². The second kappa shape index (κ2) is 7.49. The molecule has 0 aliphatic carbocycles. The molecule has 6 heteroatoms. The molecule has 5 aromatic rings. The number of fused-ring (bicyclic) bond motifs is 2. The Balaban J connectivity index is 1.64. The van der Waals surface area contributed by atoms with Gasteiger partial charge in [-0.2, -0.15) is 0 Å². The standard InChI is InChI=1S/C25H19N3O2S/c1-15-11-12-17(13-16(15)2)28-14-20(18-7-3-4-8-19(18)24(28)30)23(29)27-25-26-21-9-5-6-10-22(21)31-25/h3-14H,1-2H3,(H,26,27,29). The summed E-state index contributed by atoms with van der Waals surface area (Å²) in [7, 11) is 0. The summed E-state index contributed by atoms with van der Waals surface area (Å²) in [6.07, 6.45) is 1.62. The Kier molecular flexibility index (Phi) is 4.64. The van der Waals surface area contributed by atoms with Crippen molar-refractivity contribution in [2.75, 3.05) is 5.32 Å². The first-order valence-corrected chi connectivity index (χ1v) is 10.7. The largest absolute Gasteiger partial charge is 0.298 e. The van der Waals surface area contributed by atoms with Crippen LogP contribution in [0.3, 0.4) is 0 Å². The summed E-state index contributed by atoms with van der Waals surface area (Å²) in [5, 5.41) is 4.55. The summed E-state index contributed by atoms with van der Waals surface area (Å²) >= 11 is 1.42. The normalized spacial score (nSPS) is 11.2. The van der Waals surface area contributed by atoms with Gasteiger partial charge in [0, 0.05) is 22.7 Å². The molecule has 0 saturated heterocycles. The highest BCUT2D eigenvalue weighted by molar-refractivity contribution is 7.22. The SMILES string of the molecule is Cc1ccc(-n2cc(C(=O)Nc3nc4ccccc4s3)c3ccccc3c2=O)cc1C. The average molecular weight is 426 g/mol. The van der Waals surface area contributed by atoms with Crippen molar-refractivity contribution < 1.29 is 4.79 Å². The van der Waals surface area contributed by atoms with Gasteiger partial charge in [0.05, 0.1) is 15.8 Å². The van der Waals surface area contributed by atoms with Crippen molar-refractivity contribution in [3.05, 3.63) is 100.0 Å². The van der Waals surface area contributed by atoms with Crippen molar-refractivity contribution in [1.82, 2.24) is 9.55 Å². The van der Waals surface area contributed by atoms with Gasteiger partial charge in [-0.1, -0.05) is 47.7 Å². The molecule has 5 nitrogen and oxygen atoms in total. The van der Waals surface area contributed by atoms with E-state index in [2.05, 4.69) is 10.3 Å². The molecule has 0 spiro atoms. The highest BCUT2D eigenvalue weighted by Crippen LogP contribution is 2.27. The number of carbonyl (C=O) groups is 1. The molecule has 0 atom stereocenters. The summed E-state index contributed by atoms with van der Waals surface area (Å²) in [4.78, 5) is 31.0. The van der Waals surface area contributed by atoms with Crippen molar-refractivity contribution in [2.45, 2.75) is 13.8 Å². The molecule has 3 aromatic carbocycles. The number of nitrogens with one attached hydrogen (secondary N) is 1. The molecule has 0 aliphatic rings. The van der Waals surface area contributed by atoms with Gasteiger partial charge < -0.3 is 0 Å². The molecule has 0 saturated carbocycles. The van der Waals surface area contributed by atoms with E-state index in [1.165, 1.54) is 11.3 Å². The second-order valence-corrected chi connectivity index (χ2v) is 8.50. The molecule has 5 rings (SSSR count). The minimum Gasteiger partial charge on any atom is -0.298 e. The molecule has 0 bridgehead atoms. The first kappa shape index (κ1) is 19.2. The minimum atomic E-state index is -0.298. The predicted molar refractivity (Wildman–Crippen MR) is 127 cm³/mol. The van der Waals surface area contributed by atoms with Crippen LogP contribution < -0.4 is 10.9 Å². The molecule has 31 heavy (non-hydrogen) atoms. The zero-order chi connectivity index (χ0) is 21.5. The van der Waals surface area contributed by atoms with Crippen molar-refractivity contribution in [1.29, 1.82) is 0 Å². The van der Waals surface area contributed by atoms with Gasteiger partial charge >= 0.3 is 0 Å². The Bertz CT molecular complexity index is 1500. The van der Waals surface area contributed by atoms with Crippen LogP contribution in [0.25, 0.3) is 26.7 Å². The van der Waals surface area contributed by atoms with E-state index in [1.807, 2.05) is 68.4 Å². The highest BCUT2D eigenvalue weighted by Gasteiger charge is 2.17. The second-order valence-electron chi connectivity index (χ2n) is 7.47. The number of hydrogen-bond donors (Lipinski definition) is 1. The van der Waals surface area contributed by atoms with E-state index >= 15 is 0 Å². The van der Waals surface area contributed by atoms with Crippen LogP contribution in [0.15, 0.2) is 77.7 Å². The lowest BCUT2D eigenvalue weighted by Crippen LogP contribution is -2.22. The summed E-state index contributed by atoms with van der Waals surface area (Å²) in [6, 6.07) is 20.8. The zero-order valence-corrected chi connectivity index (χ0v) is 17.9. The molecule has 2 aromatic heterocycles. The lowest BCUT2D eigenvalue weighted by atomic mass is 10.1. The summed E-state index contributed by atoms with van der Waals surface area (Å²) in [6.45, 7) is 4.03. The van der Waals surface area contributed by atoms with Gasteiger partial charge in [-0.15, -0.1) is 0 Å². The Morgan fingerprint density at radius 3 is 2.45 bits per heavy atom. The fraction of sp³-hybridized carbons (Fsp3) is 0.0800. The molecule has 0 aliphatic heterocycles. The van der Waals surface area contributed by atoms with Crippen molar-refractivity contribution in [2.24, 2.45) is 0 Å². The fourth-order valence-corrected chi connectivity index (χ4v) is 4.49. The Labute approximate surface area is 182 Å². The number of rotatable bonds is 3. The van der Waals surface area contributed by atoms with Gasteiger partial charge in [-0.05, 0) is 55.3 Å². The highest BCUT2D eigenvalue weighted by atomic mass is 32.1. The number of thiazole rings is 1. The summed E-state index contributed by atoms with van der Waals surface area (Å²) in [5.74, 6) is -0.298. The molecule has 152 valence electrons. The first-order chi connectivity index (χ1) is 15.0. The third-order valence-electron chi connectivity index (χ3n) is 5.45. The number of anilines is 1. The van der Waals surface area contributed by atoms with Gasteiger partial charge in [0.25, 0.3) is 11.5 Å². The Morgan fingerprint density at radius 1 is 0.935 bits per heavy atom. The number of carbonyl (C=O) groups excluding carboxylic acids is 1. The Morgan fingerprint density at radius 2 is 1.68 bits per heavy atom. The third kappa shape index (κ3) is 3.41. The van der Waals surface area contributed by atoms with E-state index in [-0.39, 0.29) is 11.5 Å². The van der Waals surface area contributed by atoms with E-state index in [9.17, 15) is 9.59 Å². The maximum absolute atomic E-state index is 13.3. The smallest absolute Gasteiger partial charge is 0.262 e. The monoisotopic (exact) mass is 425 g/mol. The maximum Gasteiger partial charge on any atom is 0.262 e. The predicted octanol–water partition coefficient (Wildman–Crippen LogP) is 5.47. The number of pyridine rings is 1. The van der Waals surface area contributed by atoms with Crippen LogP contribution in [0.4, 0.5) is 5.13 Å². The molecule has 0 radical (unpaired) electrons. The van der Waals surface area contributed by atoms with Crippen LogP contribution in [0.1, 0.15) is 21.5 Å². The first-order valence-electron chi connectivity index (χ1n) is 9.90. The van der Waals surface area contributed by atoms with Crippen LogP contribution in [0, 0.1) is 13.8 Å². The number of para-hydroxylation sites is 1. The van der Waals surface area contributed by atoms with Crippen LogP contribution in [0.5, 0.6) is 0 Å². The molecule has 0 fully saturated rings. The quantitative estimate of drug-likeness (QED) is 0.417. The van der Waals surface area contributed by atoms with Crippen molar-refractivity contribution >= 4 is 43.4 Å². The average Bonchev–Trinajstić information content (AvgIpc) is 3.18. The van der Waals surface area contributed by atoms with Crippen LogP contribution >= 0.6 is 11.3 Å². The Hall–Kier alpha value is -3.77. The fourth-order valence-electron chi connectivity index (χ4n) is 3.63. The molecule has 0 unspecified atom stereocenters. The number of aryl methyl sites for hydroxylation is 2. The molecule has 2 heterocycles. The summed E-state index contributed by atoms with van der Waals surface area (Å²) < 4.78 is 2.55. The molecular formula is C25H19N3O2S. The maximum atomic E-state index is 13.3. The van der Waals surface area contributed by atoms with Crippen molar-refractivity contribution in [3.63, 3.8) is 0 Å². The van der Waals surface area contributed by atoms with E-state index in [1.54, 1.807) is 22.9 Å². The van der Waals surface area contributed by atoms with E-state index in [0.29, 0.717) is 21.5 Å². The van der Waals surface area contributed by atoms with Gasteiger partial charge in [0.2, 0.25) is 0 Å². The van der Waals surface area contributed by atoms with E-state index in [0.717, 1.165) is 27.0 Å². The molecular weight excluding hydrogens is 406 g/mol. The van der Waals surface area contributed by atoms with Crippen molar-refractivity contribution in [3.8, 4) is 5.69 Å². The number of amides is 1. The van der Waals surface area contributed by atoms with Gasteiger partial charge in [-0.3, -0.25) is 19.5 Å². The van der Waals surface area contributed by atoms with Gasteiger partial charge in [0.15, 0.2) is 5.13 Å². The van der Waals surface area contributed by atoms with Crippen LogP contribution in [-0.2, 0) is 0 Å². The third-order valence-corrected chi connectivity index (χ3v) is 6.40. The molecule has 1 N–H and O–H groups in total. The van der Waals surface area contributed by atoms with Gasteiger partial charge in [0.1, 0.15) is 0 Å². The minimum absolute atomic E-state index is 0.157. The number of aromatic nitrogens is 2. The van der Waals surface area contributed by atoms with Crippen LogP contribution in [-0.4, -0.2) is 15.5 Å². The number of benzene rings is 3. The van der Waals surface area contributed by atoms with Gasteiger partial charge in [-0.25, -0.2) is 4.98 Å². The lowest BCUT2D eigenvalue weighted by Gasteiger charge is -2.13. The lowest BCUT2D eigenvalue weighted by molar-refractivity contribution is 0.102. The summed E-state index contributed by atoms with van der Waals surface area (Å²) in [5.41, 5.74) is 4.06. The zero-order valence-electron chi connectivity index (χ0n) is 17.0. The number of hydrogen-bond acceptors (Lipinski definition) is 4. The van der Waals surface area contributed by atoms with Crippen LogP contribution in [0.2, 0.25) is 0 Å². The van der Waals surface area contributed by atoms with E-state index in [4.69, 9.17) is 0 Å². The number of nitrogens with zero attached hydrogens (tertiary/aromatic N) is 2. The topological polar surface area (TPSA) is 64.0 Å².